The molecule has 1 aromatic heterocycles. The number of hydrogen-bond donors (Lipinski definition) is 1. The third kappa shape index (κ3) is 3.86. The van der Waals surface area contributed by atoms with E-state index in [1.54, 1.807) is 11.8 Å². The van der Waals surface area contributed by atoms with E-state index in [0.29, 0.717) is 5.95 Å². The second-order valence-electron chi connectivity index (χ2n) is 5.08. The Balaban J connectivity index is 1.82. The Kier molecular flexibility index (Phi) is 4.39. The van der Waals surface area contributed by atoms with Crippen LogP contribution in [-0.2, 0) is 0 Å². The fourth-order valence-corrected chi connectivity index (χ4v) is 2.90. The normalized spacial score (nSPS) is 10.5. The van der Waals surface area contributed by atoms with Crippen LogP contribution in [-0.4, -0.2) is 9.97 Å². The fourth-order valence-electron chi connectivity index (χ4n) is 2.03. The number of nitrogens with zero attached hydrogens (tertiary/aromatic N) is 2. The number of nitrogens with one attached hydrogen (secondary N) is 1. The van der Waals surface area contributed by atoms with E-state index in [9.17, 15) is 0 Å². The molecule has 3 aromatic rings. The number of hydrogen-bond acceptors (Lipinski definition) is 4. The summed E-state index contributed by atoms with van der Waals surface area (Å²) >= 11 is 1.64. The second-order valence-corrected chi connectivity index (χ2v) is 6.17. The Morgan fingerprint density at radius 3 is 2.32 bits per heavy atom. The minimum atomic E-state index is 0.626. The van der Waals surface area contributed by atoms with Crippen molar-refractivity contribution in [3.8, 4) is 0 Å². The Labute approximate surface area is 134 Å². The van der Waals surface area contributed by atoms with Crippen LogP contribution in [0.2, 0.25) is 0 Å². The topological polar surface area (TPSA) is 37.8 Å². The lowest BCUT2D eigenvalue weighted by Crippen LogP contribution is -1.99. The summed E-state index contributed by atoms with van der Waals surface area (Å²) < 4.78 is 0. The Hall–Kier alpha value is -2.33. The number of para-hydroxylation sites is 1. The molecule has 3 nitrogen and oxygen atoms in total. The molecule has 110 valence electrons. The maximum Gasteiger partial charge on any atom is 0.228 e. The van der Waals surface area contributed by atoms with Gasteiger partial charge in [0.05, 0.1) is 0 Å². The van der Waals surface area contributed by atoms with E-state index >= 15 is 0 Å². The van der Waals surface area contributed by atoms with Crippen molar-refractivity contribution in [2.45, 2.75) is 23.8 Å². The van der Waals surface area contributed by atoms with Gasteiger partial charge >= 0.3 is 0 Å². The molecule has 4 heteroatoms. The van der Waals surface area contributed by atoms with Crippen LogP contribution in [0.3, 0.4) is 0 Å². The Morgan fingerprint density at radius 2 is 1.59 bits per heavy atom. The highest BCUT2D eigenvalue weighted by Gasteiger charge is 2.05. The van der Waals surface area contributed by atoms with Gasteiger partial charge in [0.1, 0.15) is 5.03 Å². The maximum absolute atomic E-state index is 4.59. The van der Waals surface area contributed by atoms with Gasteiger partial charge in [-0.3, -0.25) is 0 Å². The minimum Gasteiger partial charge on any atom is -0.324 e. The van der Waals surface area contributed by atoms with Gasteiger partial charge in [0.15, 0.2) is 0 Å². The third-order valence-corrected chi connectivity index (χ3v) is 4.03. The molecule has 22 heavy (non-hydrogen) atoms. The van der Waals surface area contributed by atoms with Crippen molar-refractivity contribution >= 4 is 23.4 Å². The van der Waals surface area contributed by atoms with Crippen LogP contribution in [0.1, 0.15) is 11.3 Å². The highest BCUT2D eigenvalue weighted by molar-refractivity contribution is 7.99. The molecule has 0 fully saturated rings. The predicted molar refractivity (Wildman–Crippen MR) is 91.8 cm³/mol. The Morgan fingerprint density at radius 1 is 0.864 bits per heavy atom. The first-order valence-electron chi connectivity index (χ1n) is 7.11. The van der Waals surface area contributed by atoms with Crippen LogP contribution in [0.5, 0.6) is 0 Å². The molecule has 2 aromatic carbocycles. The van der Waals surface area contributed by atoms with Gasteiger partial charge in [-0.2, -0.15) is 0 Å². The van der Waals surface area contributed by atoms with Crippen LogP contribution in [0.15, 0.2) is 70.6 Å². The van der Waals surface area contributed by atoms with Crippen molar-refractivity contribution in [3.63, 3.8) is 0 Å². The van der Waals surface area contributed by atoms with Gasteiger partial charge in [-0.05, 0) is 44.2 Å². The largest absolute Gasteiger partial charge is 0.324 e. The van der Waals surface area contributed by atoms with Crippen LogP contribution >= 0.6 is 11.8 Å². The number of rotatable bonds is 4. The monoisotopic (exact) mass is 307 g/mol. The number of aromatic nitrogens is 2. The highest BCUT2D eigenvalue weighted by Crippen LogP contribution is 2.27. The third-order valence-electron chi connectivity index (χ3n) is 3.10. The van der Waals surface area contributed by atoms with Crippen LogP contribution in [0.4, 0.5) is 11.6 Å². The summed E-state index contributed by atoms with van der Waals surface area (Å²) in [5.74, 6) is 0.626. The summed E-state index contributed by atoms with van der Waals surface area (Å²) in [4.78, 5) is 10.2. The molecule has 0 saturated heterocycles. The molecule has 0 aliphatic rings. The summed E-state index contributed by atoms with van der Waals surface area (Å²) in [6.07, 6.45) is 0. The number of aryl methyl sites for hydroxylation is 2. The molecule has 0 aliphatic heterocycles. The van der Waals surface area contributed by atoms with Crippen molar-refractivity contribution in [2.75, 3.05) is 5.32 Å². The first-order chi connectivity index (χ1) is 10.7. The molecule has 3 rings (SSSR count). The van der Waals surface area contributed by atoms with Crippen molar-refractivity contribution in [1.29, 1.82) is 0 Å². The van der Waals surface area contributed by atoms with Crippen molar-refractivity contribution in [1.82, 2.24) is 9.97 Å². The van der Waals surface area contributed by atoms with E-state index < -0.39 is 0 Å². The van der Waals surface area contributed by atoms with Crippen LogP contribution in [0.25, 0.3) is 0 Å². The van der Waals surface area contributed by atoms with Crippen LogP contribution < -0.4 is 5.32 Å². The van der Waals surface area contributed by atoms with Crippen molar-refractivity contribution in [3.05, 3.63) is 71.9 Å². The summed E-state index contributed by atoms with van der Waals surface area (Å²) in [5.41, 5.74) is 3.19. The second kappa shape index (κ2) is 6.62. The van der Waals surface area contributed by atoms with Gasteiger partial charge < -0.3 is 5.32 Å². The van der Waals surface area contributed by atoms with Gasteiger partial charge in [0.2, 0.25) is 5.95 Å². The van der Waals surface area contributed by atoms with Crippen molar-refractivity contribution < 1.29 is 0 Å². The number of benzene rings is 2. The van der Waals surface area contributed by atoms with Gasteiger partial charge in [-0.25, -0.2) is 9.97 Å². The van der Waals surface area contributed by atoms with Crippen LogP contribution in [0, 0.1) is 13.8 Å². The summed E-state index contributed by atoms with van der Waals surface area (Å²) in [6, 6.07) is 20.4. The van der Waals surface area contributed by atoms with E-state index in [1.807, 2.05) is 43.3 Å². The lowest BCUT2D eigenvalue weighted by molar-refractivity contribution is 1.01. The SMILES string of the molecule is Cc1ccc(Sc2cc(C)nc(Nc3ccccc3)n2)cc1. The van der Waals surface area contributed by atoms with Crippen molar-refractivity contribution in [2.24, 2.45) is 0 Å². The smallest absolute Gasteiger partial charge is 0.228 e. The molecule has 0 bridgehead atoms. The first kappa shape index (κ1) is 14.6. The molecule has 0 spiro atoms. The molecule has 1 N–H and O–H groups in total. The predicted octanol–water partition coefficient (Wildman–Crippen LogP) is 4.99. The van der Waals surface area contributed by atoms with E-state index in [2.05, 4.69) is 46.5 Å². The molecular weight excluding hydrogens is 290 g/mol. The molecule has 0 amide bonds. The van der Waals surface area contributed by atoms with E-state index in [1.165, 1.54) is 10.5 Å². The molecule has 0 saturated carbocycles. The van der Waals surface area contributed by atoms with Gasteiger partial charge in [0.25, 0.3) is 0 Å². The van der Waals surface area contributed by atoms with Gasteiger partial charge in [-0.15, -0.1) is 0 Å². The zero-order chi connectivity index (χ0) is 15.4. The molecule has 1 heterocycles. The van der Waals surface area contributed by atoms with E-state index in [4.69, 9.17) is 0 Å². The summed E-state index contributed by atoms with van der Waals surface area (Å²) in [5, 5.41) is 4.18. The zero-order valence-electron chi connectivity index (χ0n) is 12.6. The molecule has 0 radical (unpaired) electrons. The summed E-state index contributed by atoms with van der Waals surface area (Å²) in [6.45, 7) is 4.07. The van der Waals surface area contributed by atoms with E-state index in [0.717, 1.165) is 16.4 Å². The van der Waals surface area contributed by atoms with E-state index in [-0.39, 0.29) is 0 Å². The lowest BCUT2D eigenvalue weighted by Gasteiger charge is -2.08. The minimum absolute atomic E-state index is 0.626. The average molecular weight is 307 g/mol. The highest BCUT2D eigenvalue weighted by atomic mass is 32.2. The standard InChI is InChI=1S/C18H17N3S/c1-13-8-10-16(11-9-13)22-17-12-14(2)19-18(21-17)20-15-6-4-3-5-7-15/h3-12H,1-2H3,(H,19,20,21). The zero-order valence-corrected chi connectivity index (χ0v) is 13.4. The molecule has 0 atom stereocenters. The lowest BCUT2D eigenvalue weighted by atomic mass is 10.2. The number of anilines is 2. The molecule has 0 unspecified atom stereocenters. The summed E-state index contributed by atoms with van der Waals surface area (Å²) in [7, 11) is 0. The maximum atomic E-state index is 4.59. The van der Waals surface area contributed by atoms with Gasteiger partial charge in [0, 0.05) is 16.3 Å². The first-order valence-corrected chi connectivity index (χ1v) is 7.93. The average Bonchev–Trinajstić information content (AvgIpc) is 2.50. The molecule has 0 aliphatic carbocycles. The fraction of sp³-hybridized carbons (Fsp3) is 0.111. The Bertz CT molecular complexity index is 755. The van der Waals surface area contributed by atoms with Gasteiger partial charge in [-0.1, -0.05) is 47.7 Å². The molecular formula is C18H17N3S. The quantitative estimate of drug-likeness (QED) is 0.689.